The summed E-state index contributed by atoms with van der Waals surface area (Å²) in [5, 5.41) is 0. The first-order valence-electron chi connectivity index (χ1n) is 7.83. The zero-order valence-electron chi connectivity index (χ0n) is 13.7. The van der Waals surface area contributed by atoms with Gasteiger partial charge in [0.15, 0.2) is 6.10 Å². The first-order valence-corrected chi connectivity index (χ1v) is 9.36. The second-order valence-corrected chi connectivity index (χ2v) is 6.34. The van der Waals surface area contributed by atoms with E-state index in [9.17, 15) is 14.2 Å². The van der Waals surface area contributed by atoms with Crippen molar-refractivity contribution in [2.75, 3.05) is 13.2 Å². The number of unbranched alkanes of at least 4 members (excludes halogenated alkanes) is 4. The third kappa shape index (κ3) is 14.4. The topological polar surface area (TPSA) is 119 Å². The van der Waals surface area contributed by atoms with Crippen LogP contribution in [0.5, 0.6) is 0 Å². The quantitative estimate of drug-likeness (QED) is 0.294. The molecule has 0 aromatic rings. The molecule has 0 aromatic carbocycles. The van der Waals surface area contributed by atoms with Crippen LogP contribution in [0, 0.1) is 0 Å². The number of carbonyl (C=O) groups excluding carboxylic acids is 2. The second kappa shape index (κ2) is 12.5. The Bertz CT molecular complexity index is 392. The van der Waals surface area contributed by atoms with Gasteiger partial charge in [-0.05, 0) is 6.42 Å². The largest absolute Gasteiger partial charge is 0.469 e. The van der Waals surface area contributed by atoms with Gasteiger partial charge in [-0.1, -0.05) is 39.5 Å². The molecule has 0 radical (unpaired) electrons. The number of hydrogen-bond acceptors (Lipinski definition) is 6. The molecule has 2 N–H and O–H groups in total. The van der Waals surface area contributed by atoms with Crippen LogP contribution in [0.2, 0.25) is 0 Å². The minimum atomic E-state index is -4.68. The monoisotopic (exact) mass is 354 g/mol. The van der Waals surface area contributed by atoms with Gasteiger partial charge in [0.2, 0.25) is 0 Å². The highest BCUT2D eigenvalue weighted by atomic mass is 31.2. The molecular formula is C14H27O8P. The second-order valence-electron chi connectivity index (χ2n) is 5.10. The van der Waals surface area contributed by atoms with Gasteiger partial charge in [0.1, 0.15) is 6.61 Å². The maximum absolute atomic E-state index is 11.7. The summed E-state index contributed by atoms with van der Waals surface area (Å²) in [5.74, 6) is -1.00. The van der Waals surface area contributed by atoms with Crippen molar-refractivity contribution >= 4 is 19.8 Å². The van der Waals surface area contributed by atoms with E-state index >= 15 is 0 Å². The highest BCUT2D eigenvalue weighted by Crippen LogP contribution is 2.35. The number of ether oxygens (including phenoxy) is 2. The molecular weight excluding hydrogens is 327 g/mol. The van der Waals surface area contributed by atoms with E-state index in [4.69, 9.17) is 19.3 Å². The SMILES string of the molecule is CCCCCCCC(=O)O[C@H](COC(=O)CC)COP(=O)(O)O. The molecule has 0 amide bonds. The van der Waals surface area contributed by atoms with Gasteiger partial charge >= 0.3 is 19.8 Å². The van der Waals surface area contributed by atoms with E-state index in [1.165, 1.54) is 0 Å². The summed E-state index contributed by atoms with van der Waals surface area (Å²) < 4.78 is 24.9. The van der Waals surface area contributed by atoms with Crippen molar-refractivity contribution in [3.63, 3.8) is 0 Å². The lowest BCUT2D eigenvalue weighted by Crippen LogP contribution is -2.29. The minimum absolute atomic E-state index is 0.150. The Labute approximate surface area is 136 Å². The summed E-state index contributed by atoms with van der Waals surface area (Å²) in [6.07, 6.45) is 4.17. The Morgan fingerprint density at radius 1 is 1.00 bits per heavy atom. The summed E-state index contributed by atoms with van der Waals surface area (Å²) in [4.78, 5) is 40.2. The minimum Gasteiger partial charge on any atom is -0.462 e. The smallest absolute Gasteiger partial charge is 0.462 e. The Morgan fingerprint density at radius 3 is 2.22 bits per heavy atom. The average molecular weight is 354 g/mol. The van der Waals surface area contributed by atoms with Crippen molar-refractivity contribution in [3.05, 3.63) is 0 Å². The van der Waals surface area contributed by atoms with Crippen molar-refractivity contribution < 1.29 is 37.9 Å². The van der Waals surface area contributed by atoms with Crippen LogP contribution < -0.4 is 0 Å². The van der Waals surface area contributed by atoms with E-state index in [0.717, 1.165) is 25.7 Å². The van der Waals surface area contributed by atoms with Gasteiger partial charge in [-0.25, -0.2) is 4.57 Å². The normalized spacial score (nSPS) is 12.7. The van der Waals surface area contributed by atoms with Crippen molar-refractivity contribution in [2.45, 2.75) is 64.9 Å². The number of esters is 2. The van der Waals surface area contributed by atoms with Crippen molar-refractivity contribution in [2.24, 2.45) is 0 Å². The average Bonchev–Trinajstić information content (AvgIpc) is 2.48. The van der Waals surface area contributed by atoms with E-state index in [1.54, 1.807) is 6.92 Å². The fourth-order valence-corrected chi connectivity index (χ4v) is 2.06. The van der Waals surface area contributed by atoms with Gasteiger partial charge in [-0.3, -0.25) is 14.1 Å². The van der Waals surface area contributed by atoms with E-state index in [2.05, 4.69) is 11.4 Å². The Hall–Kier alpha value is -0.950. The Morgan fingerprint density at radius 2 is 1.65 bits per heavy atom. The Kier molecular flexibility index (Phi) is 12.0. The zero-order valence-corrected chi connectivity index (χ0v) is 14.6. The van der Waals surface area contributed by atoms with Crippen LogP contribution in [0.25, 0.3) is 0 Å². The first-order chi connectivity index (χ1) is 10.8. The molecule has 0 heterocycles. The predicted molar refractivity (Wildman–Crippen MR) is 82.5 cm³/mol. The van der Waals surface area contributed by atoms with Crippen LogP contribution in [-0.4, -0.2) is 41.0 Å². The van der Waals surface area contributed by atoms with Gasteiger partial charge < -0.3 is 19.3 Å². The van der Waals surface area contributed by atoms with Crippen LogP contribution in [0.4, 0.5) is 0 Å². The van der Waals surface area contributed by atoms with E-state index in [0.29, 0.717) is 6.42 Å². The molecule has 0 fully saturated rings. The lowest BCUT2D eigenvalue weighted by molar-refractivity contribution is -0.161. The molecule has 136 valence electrons. The van der Waals surface area contributed by atoms with Gasteiger partial charge in [-0.2, -0.15) is 0 Å². The fraction of sp³-hybridized carbons (Fsp3) is 0.857. The summed E-state index contributed by atoms with van der Waals surface area (Å²) in [5.41, 5.74) is 0. The standard InChI is InChI=1S/C14H27O8P/c1-3-5-6-7-8-9-14(16)22-12(10-20-13(15)4-2)11-21-23(17,18)19/h12H,3-11H2,1-2H3,(H2,17,18,19)/t12-/m1/s1. The van der Waals surface area contributed by atoms with Crippen LogP contribution in [-0.2, 0) is 28.2 Å². The van der Waals surface area contributed by atoms with E-state index in [1.807, 2.05) is 0 Å². The van der Waals surface area contributed by atoms with Gasteiger partial charge in [0.05, 0.1) is 6.61 Å². The molecule has 23 heavy (non-hydrogen) atoms. The lowest BCUT2D eigenvalue weighted by Gasteiger charge is -2.18. The summed E-state index contributed by atoms with van der Waals surface area (Å²) in [7, 11) is -4.68. The first kappa shape index (κ1) is 22.1. The molecule has 0 aliphatic heterocycles. The number of phosphoric ester groups is 1. The highest BCUT2D eigenvalue weighted by Gasteiger charge is 2.22. The van der Waals surface area contributed by atoms with Crippen LogP contribution in [0.3, 0.4) is 0 Å². The maximum Gasteiger partial charge on any atom is 0.469 e. The number of rotatable bonds is 13. The molecule has 1 atom stereocenters. The van der Waals surface area contributed by atoms with E-state index < -0.39 is 32.5 Å². The molecule has 0 bridgehead atoms. The zero-order chi connectivity index (χ0) is 17.7. The van der Waals surface area contributed by atoms with Crippen LogP contribution in [0.15, 0.2) is 0 Å². The number of carbonyl (C=O) groups is 2. The maximum atomic E-state index is 11.7. The van der Waals surface area contributed by atoms with Crippen LogP contribution >= 0.6 is 7.82 Å². The van der Waals surface area contributed by atoms with E-state index in [-0.39, 0.29) is 19.4 Å². The molecule has 9 heteroatoms. The molecule has 0 saturated carbocycles. The summed E-state index contributed by atoms with van der Waals surface area (Å²) in [6.45, 7) is 2.86. The fourth-order valence-electron chi connectivity index (χ4n) is 1.70. The van der Waals surface area contributed by atoms with Gasteiger partial charge in [0.25, 0.3) is 0 Å². The molecule has 8 nitrogen and oxygen atoms in total. The van der Waals surface area contributed by atoms with Gasteiger partial charge in [-0.15, -0.1) is 0 Å². The van der Waals surface area contributed by atoms with Crippen molar-refractivity contribution in [1.82, 2.24) is 0 Å². The Balaban J connectivity index is 4.23. The van der Waals surface area contributed by atoms with Crippen molar-refractivity contribution in [1.29, 1.82) is 0 Å². The molecule has 0 spiro atoms. The molecule has 0 saturated heterocycles. The predicted octanol–water partition coefficient (Wildman–Crippen LogP) is 2.32. The summed E-state index contributed by atoms with van der Waals surface area (Å²) >= 11 is 0. The molecule has 0 aromatic heterocycles. The highest BCUT2D eigenvalue weighted by molar-refractivity contribution is 7.46. The van der Waals surface area contributed by atoms with Crippen LogP contribution in [0.1, 0.15) is 58.8 Å². The van der Waals surface area contributed by atoms with Gasteiger partial charge in [0, 0.05) is 12.8 Å². The molecule has 0 aliphatic carbocycles. The molecule has 0 aliphatic rings. The lowest BCUT2D eigenvalue weighted by atomic mass is 10.1. The number of phosphoric acid groups is 1. The molecule has 0 rings (SSSR count). The third-order valence-corrected chi connectivity index (χ3v) is 3.42. The third-order valence-electron chi connectivity index (χ3n) is 2.93. The number of hydrogen-bond donors (Lipinski definition) is 2. The molecule has 0 unspecified atom stereocenters. The van der Waals surface area contributed by atoms with Crippen molar-refractivity contribution in [3.8, 4) is 0 Å². The summed E-state index contributed by atoms with van der Waals surface area (Å²) in [6, 6.07) is 0.